The van der Waals surface area contributed by atoms with Gasteiger partial charge in [-0.25, -0.2) is 0 Å². The van der Waals surface area contributed by atoms with Crippen LogP contribution in [0.5, 0.6) is 0 Å². The zero-order valence-corrected chi connectivity index (χ0v) is 11.3. The normalized spacial score (nSPS) is 35.9. The molecule has 0 spiro atoms. The standard InChI is InChI=1S/C13H13NO7/c1-5(15)19-12(20-6(2)16)13-4-3-7(21-13)8-9(13)11(18)14-10(8)17/h3-4,7-9,12H,1-2H3,(H,14,17,18)/t7-,8-,9+,13+/m1/s1. The minimum Gasteiger partial charge on any atom is -0.422 e. The second kappa shape index (κ2) is 4.39. The molecule has 2 amide bonds. The lowest BCUT2D eigenvalue weighted by molar-refractivity contribution is -0.226. The number of carbonyl (C=O) groups excluding carboxylic acids is 4. The molecule has 112 valence electrons. The molecule has 2 fully saturated rings. The van der Waals surface area contributed by atoms with Crippen LogP contribution in [0.15, 0.2) is 12.2 Å². The van der Waals surface area contributed by atoms with E-state index in [-0.39, 0.29) is 0 Å². The van der Waals surface area contributed by atoms with E-state index < -0.39 is 53.6 Å². The molecule has 4 atom stereocenters. The summed E-state index contributed by atoms with van der Waals surface area (Å²) in [5, 5.41) is 2.23. The Kier molecular flexibility index (Phi) is 2.87. The molecule has 0 radical (unpaired) electrons. The zero-order chi connectivity index (χ0) is 15.4. The maximum atomic E-state index is 12.0. The van der Waals surface area contributed by atoms with Crippen LogP contribution in [0.4, 0.5) is 0 Å². The SMILES string of the molecule is CC(=O)OC(OC(C)=O)[C@@]12C=C[C@@H](O1)[C@H]1C(=O)NC(=O)[C@H]12. The number of rotatable bonds is 3. The van der Waals surface area contributed by atoms with E-state index in [0.29, 0.717) is 0 Å². The van der Waals surface area contributed by atoms with Gasteiger partial charge in [-0.15, -0.1) is 0 Å². The predicted molar refractivity (Wildman–Crippen MR) is 64.2 cm³/mol. The molecule has 3 aliphatic heterocycles. The third kappa shape index (κ3) is 1.86. The van der Waals surface area contributed by atoms with Crippen molar-refractivity contribution in [2.24, 2.45) is 11.8 Å². The van der Waals surface area contributed by atoms with Crippen molar-refractivity contribution in [3.8, 4) is 0 Å². The largest absolute Gasteiger partial charge is 0.422 e. The van der Waals surface area contributed by atoms with Crippen LogP contribution in [0.1, 0.15) is 13.8 Å². The highest BCUT2D eigenvalue weighted by Gasteiger charge is 2.70. The van der Waals surface area contributed by atoms with E-state index in [1.807, 2.05) is 0 Å². The molecule has 8 heteroatoms. The van der Waals surface area contributed by atoms with E-state index in [0.717, 1.165) is 13.8 Å². The summed E-state index contributed by atoms with van der Waals surface area (Å²) in [6.45, 7) is 2.30. The topological polar surface area (TPSA) is 108 Å². The zero-order valence-electron chi connectivity index (χ0n) is 11.3. The Morgan fingerprint density at radius 3 is 2.43 bits per heavy atom. The van der Waals surface area contributed by atoms with Crippen LogP contribution >= 0.6 is 0 Å². The molecule has 0 aromatic rings. The highest BCUT2D eigenvalue weighted by Crippen LogP contribution is 2.52. The molecule has 0 aromatic heterocycles. The van der Waals surface area contributed by atoms with E-state index in [1.165, 1.54) is 6.08 Å². The van der Waals surface area contributed by atoms with Crippen molar-refractivity contribution >= 4 is 23.8 Å². The highest BCUT2D eigenvalue weighted by molar-refractivity contribution is 6.07. The average Bonchev–Trinajstić information content (AvgIpc) is 3.00. The summed E-state index contributed by atoms with van der Waals surface area (Å²) in [6.07, 6.45) is 1.11. The Hall–Kier alpha value is -2.22. The summed E-state index contributed by atoms with van der Waals surface area (Å²) in [5.74, 6) is -3.93. The summed E-state index contributed by atoms with van der Waals surface area (Å²) in [7, 11) is 0. The lowest BCUT2D eigenvalue weighted by atomic mass is 9.76. The summed E-state index contributed by atoms with van der Waals surface area (Å²) < 4.78 is 15.7. The van der Waals surface area contributed by atoms with E-state index in [4.69, 9.17) is 14.2 Å². The van der Waals surface area contributed by atoms with Crippen LogP contribution in [0.3, 0.4) is 0 Å². The second-order valence-corrected chi connectivity index (χ2v) is 5.20. The van der Waals surface area contributed by atoms with E-state index >= 15 is 0 Å². The van der Waals surface area contributed by atoms with Crippen LogP contribution in [-0.4, -0.2) is 41.7 Å². The van der Waals surface area contributed by atoms with Gasteiger partial charge >= 0.3 is 11.9 Å². The van der Waals surface area contributed by atoms with Crippen LogP contribution < -0.4 is 5.32 Å². The van der Waals surface area contributed by atoms with Crippen molar-refractivity contribution in [3.63, 3.8) is 0 Å². The van der Waals surface area contributed by atoms with Crippen molar-refractivity contribution in [3.05, 3.63) is 12.2 Å². The van der Waals surface area contributed by atoms with Gasteiger partial charge < -0.3 is 14.2 Å². The number of amides is 2. The Balaban J connectivity index is 1.99. The summed E-state index contributed by atoms with van der Waals surface area (Å²) >= 11 is 0. The Bertz CT molecular complexity index is 567. The number of fused-ring (bicyclic) bond motifs is 5. The molecule has 0 aliphatic carbocycles. The molecule has 2 bridgehead atoms. The number of ether oxygens (including phenoxy) is 3. The van der Waals surface area contributed by atoms with Gasteiger partial charge in [-0.05, 0) is 6.08 Å². The fourth-order valence-corrected chi connectivity index (χ4v) is 3.14. The third-order valence-electron chi connectivity index (χ3n) is 3.83. The number of esters is 2. The first kappa shape index (κ1) is 13.7. The molecular formula is C13H13NO7. The first-order chi connectivity index (χ1) is 9.85. The van der Waals surface area contributed by atoms with Gasteiger partial charge in [-0.2, -0.15) is 0 Å². The van der Waals surface area contributed by atoms with Crippen molar-refractivity contribution < 1.29 is 33.4 Å². The monoisotopic (exact) mass is 295 g/mol. The molecule has 3 aliphatic rings. The molecule has 3 heterocycles. The maximum absolute atomic E-state index is 12.0. The minimum absolute atomic E-state index is 0.439. The molecule has 2 saturated heterocycles. The molecule has 8 nitrogen and oxygen atoms in total. The van der Waals surface area contributed by atoms with Gasteiger partial charge in [0.05, 0.1) is 17.9 Å². The average molecular weight is 295 g/mol. The molecule has 21 heavy (non-hydrogen) atoms. The summed E-state index contributed by atoms with van der Waals surface area (Å²) in [6, 6.07) is 0. The molecule has 0 saturated carbocycles. The van der Waals surface area contributed by atoms with Crippen LogP contribution in [0.2, 0.25) is 0 Å². The van der Waals surface area contributed by atoms with Gasteiger partial charge in [0.15, 0.2) is 5.60 Å². The van der Waals surface area contributed by atoms with E-state index in [2.05, 4.69) is 5.32 Å². The van der Waals surface area contributed by atoms with E-state index in [1.54, 1.807) is 6.08 Å². The third-order valence-corrected chi connectivity index (χ3v) is 3.83. The van der Waals surface area contributed by atoms with Crippen LogP contribution in [0.25, 0.3) is 0 Å². The number of nitrogens with one attached hydrogen (secondary N) is 1. The van der Waals surface area contributed by atoms with Crippen LogP contribution in [-0.2, 0) is 33.4 Å². The second-order valence-electron chi connectivity index (χ2n) is 5.20. The van der Waals surface area contributed by atoms with Gasteiger partial charge in [-0.1, -0.05) is 6.08 Å². The van der Waals surface area contributed by atoms with Gasteiger partial charge in [0, 0.05) is 13.8 Å². The predicted octanol–water partition coefficient (Wildman–Crippen LogP) is -0.965. The quantitative estimate of drug-likeness (QED) is 0.309. The Morgan fingerprint density at radius 2 is 1.86 bits per heavy atom. The van der Waals surface area contributed by atoms with Crippen molar-refractivity contribution in [1.29, 1.82) is 0 Å². The van der Waals surface area contributed by atoms with Crippen molar-refractivity contribution in [1.82, 2.24) is 5.32 Å². The molecular weight excluding hydrogens is 282 g/mol. The molecule has 0 aromatic carbocycles. The van der Waals surface area contributed by atoms with Crippen molar-refractivity contribution in [2.45, 2.75) is 31.8 Å². The molecule has 3 rings (SSSR count). The first-order valence-electron chi connectivity index (χ1n) is 6.41. The van der Waals surface area contributed by atoms with Gasteiger partial charge in [0.2, 0.25) is 11.8 Å². The fraction of sp³-hybridized carbons (Fsp3) is 0.538. The number of hydrogen-bond donors (Lipinski definition) is 1. The summed E-state index contributed by atoms with van der Waals surface area (Å²) in [5.41, 5.74) is -1.46. The number of imide groups is 1. The minimum atomic E-state index is -1.46. The maximum Gasteiger partial charge on any atom is 0.305 e. The summed E-state index contributed by atoms with van der Waals surface area (Å²) in [4.78, 5) is 46.3. The van der Waals surface area contributed by atoms with Gasteiger partial charge in [0.25, 0.3) is 6.29 Å². The van der Waals surface area contributed by atoms with E-state index in [9.17, 15) is 19.2 Å². The van der Waals surface area contributed by atoms with Gasteiger partial charge in [0.1, 0.15) is 0 Å². The smallest absolute Gasteiger partial charge is 0.305 e. The van der Waals surface area contributed by atoms with Crippen LogP contribution in [0, 0.1) is 11.8 Å². The van der Waals surface area contributed by atoms with Crippen molar-refractivity contribution in [2.75, 3.05) is 0 Å². The van der Waals surface area contributed by atoms with Gasteiger partial charge in [-0.3, -0.25) is 24.5 Å². The molecule has 0 unspecified atom stereocenters. The number of carbonyl (C=O) groups is 4. The number of hydrogen-bond acceptors (Lipinski definition) is 7. The highest BCUT2D eigenvalue weighted by atomic mass is 16.7. The Labute approximate surface area is 119 Å². The Morgan fingerprint density at radius 1 is 1.24 bits per heavy atom. The first-order valence-corrected chi connectivity index (χ1v) is 6.41. The fourth-order valence-electron chi connectivity index (χ4n) is 3.14. The molecule has 1 N–H and O–H groups in total. The lowest BCUT2D eigenvalue weighted by Crippen LogP contribution is -2.52. The lowest BCUT2D eigenvalue weighted by Gasteiger charge is -2.34.